The van der Waals surface area contributed by atoms with Crippen LogP contribution in [-0.4, -0.2) is 34.1 Å². The molecule has 5 rings (SSSR count). The number of benzene rings is 1. The minimum absolute atomic E-state index is 0.172. The molecular weight excluding hydrogens is 387 g/mol. The second kappa shape index (κ2) is 6.06. The fraction of sp³-hybridized carbons (Fsp3) is 0.111. The van der Waals surface area contributed by atoms with Gasteiger partial charge in [-0.2, -0.15) is 18.3 Å². The summed E-state index contributed by atoms with van der Waals surface area (Å²) >= 11 is 0. The maximum atomic E-state index is 12.9. The zero-order valence-electron chi connectivity index (χ0n) is 14.6. The van der Waals surface area contributed by atoms with Gasteiger partial charge in [-0.15, -0.1) is 0 Å². The Morgan fingerprint density at radius 3 is 2.86 bits per heavy atom. The van der Waals surface area contributed by atoms with E-state index in [0.29, 0.717) is 33.8 Å². The van der Waals surface area contributed by atoms with E-state index in [0.717, 1.165) is 12.1 Å². The molecule has 4 aromatic heterocycles. The van der Waals surface area contributed by atoms with Crippen LogP contribution in [0, 0.1) is 0 Å². The van der Waals surface area contributed by atoms with Gasteiger partial charge in [-0.05, 0) is 17.7 Å². The fourth-order valence-electron chi connectivity index (χ4n) is 3.18. The Balaban J connectivity index is 1.48. The predicted octanol–water partition coefficient (Wildman–Crippen LogP) is 2.83. The number of alkyl halides is 3. The molecule has 5 aromatic rings. The third-order valence-electron chi connectivity index (χ3n) is 4.52. The number of rotatable bonds is 3. The highest BCUT2D eigenvalue weighted by molar-refractivity contribution is 5.87. The number of nitrogens with one attached hydrogen (secondary N) is 2. The van der Waals surface area contributed by atoms with Crippen molar-refractivity contribution in [2.24, 2.45) is 0 Å². The molecule has 0 spiro atoms. The average Bonchev–Trinajstić information content (AvgIpc) is 3.39. The number of imidazole rings is 2. The minimum atomic E-state index is -4.39. The van der Waals surface area contributed by atoms with Gasteiger partial charge in [0.15, 0.2) is 11.3 Å². The summed E-state index contributed by atoms with van der Waals surface area (Å²) < 4.78 is 41.5. The Bertz CT molecular complexity index is 1410. The highest BCUT2D eigenvalue weighted by Gasteiger charge is 2.30. The lowest BCUT2D eigenvalue weighted by Gasteiger charge is -2.08. The number of aromatic amines is 2. The molecule has 0 aliphatic rings. The van der Waals surface area contributed by atoms with Gasteiger partial charge in [0, 0.05) is 18.6 Å². The fourth-order valence-corrected chi connectivity index (χ4v) is 3.18. The SMILES string of the molecule is O=c1[nH]c2nc(-c3cnn(Cc4cccc(C(F)(F)F)c4)c3)[nH]c2c2nccn12. The van der Waals surface area contributed by atoms with Crippen molar-refractivity contribution in [3.05, 3.63) is 70.7 Å². The number of halogens is 3. The van der Waals surface area contributed by atoms with Gasteiger partial charge in [0.25, 0.3) is 0 Å². The van der Waals surface area contributed by atoms with Gasteiger partial charge in [-0.25, -0.2) is 19.2 Å². The predicted molar refractivity (Wildman–Crippen MR) is 97.2 cm³/mol. The number of nitrogens with zero attached hydrogens (tertiary/aromatic N) is 5. The van der Waals surface area contributed by atoms with Crippen LogP contribution in [0.2, 0.25) is 0 Å². The normalized spacial score (nSPS) is 12.2. The van der Waals surface area contributed by atoms with E-state index in [1.54, 1.807) is 24.7 Å². The quantitative estimate of drug-likeness (QED) is 0.488. The van der Waals surface area contributed by atoms with Gasteiger partial charge in [0.05, 0.1) is 23.9 Å². The number of hydrogen-bond donors (Lipinski definition) is 2. The molecule has 0 radical (unpaired) electrons. The molecule has 0 atom stereocenters. The average molecular weight is 399 g/mol. The van der Waals surface area contributed by atoms with Crippen LogP contribution in [0.1, 0.15) is 11.1 Å². The molecule has 0 bridgehead atoms. The minimum Gasteiger partial charge on any atom is -0.333 e. The van der Waals surface area contributed by atoms with E-state index in [9.17, 15) is 18.0 Å². The van der Waals surface area contributed by atoms with Gasteiger partial charge in [-0.3, -0.25) is 9.67 Å². The third kappa shape index (κ3) is 2.96. The molecule has 1 aromatic carbocycles. The van der Waals surface area contributed by atoms with Crippen molar-refractivity contribution in [1.29, 1.82) is 0 Å². The summed E-state index contributed by atoms with van der Waals surface area (Å²) in [6.07, 6.45) is 1.87. The van der Waals surface area contributed by atoms with E-state index < -0.39 is 11.7 Å². The molecule has 0 saturated carbocycles. The smallest absolute Gasteiger partial charge is 0.333 e. The van der Waals surface area contributed by atoms with Crippen molar-refractivity contribution in [3.8, 4) is 11.4 Å². The maximum absolute atomic E-state index is 12.9. The molecule has 8 nitrogen and oxygen atoms in total. The lowest BCUT2D eigenvalue weighted by Crippen LogP contribution is -2.15. The van der Waals surface area contributed by atoms with Crippen LogP contribution in [0.15, 0.2) is 53.8 Å². The Morgan fingerprint density at radius 1 is 1.17 bits per heavy atom. The van der Waals surface area contributed by atoms with Crippen LogP contribution in [0.25, 0.3) is 28.2 Å². The van der Waals surface area contributed by atoms with Crippen LogP contribution in [0.3, 0.4) is 0 Å². The summed E-state index contributed by atoms with van der Waals surface area (Å²) in [5, 5.41) is 4.20. The highest BCUT2D eigenvalue weighted by atomic mass is 19.4. The molecule has 0 aliphatic carbocycles. The number of H-pyrrole nitrogens is 2. The van der Waals surface area contributed by atoms with E-state index >= 15 is 0 Å². The van der Waals surface area contributed by atoms with E-state index in [1.807, 2.05) is 0 Å². The summed E-state index contributed by atoms with van der Waals surface area (Å²) in [7, 11) is 0. The molecule has 0 amide bonds. The van der Waals surface area contributed by atoms with E-state index in [-0.39, 0.29) is 12.2 Å². The van der Waals surface area contributed by atoms with Gasteiger partial charge >= 0.3 is 11.9 Å². The second-order valence-corrected chi connectivity index (χ2v) is 6.48. The molecule has 0 saturated heterocycles. The van der Waals surface area contributed by atoms with Crippen molar-refractivity contribution in [2.75, 3.05) is 0 Å². The zero-order valence-corrected chi connectivity index (χ0v) is 14.6. The van der Waals surface area contributed by atoms with Crippen LogP contribution in [0.5, 0.6) is 0 Å². The topological polar surface area (TPSA) is 96.7 Å². The monoisotopic (exact) mass is 399 g/mol. The Kier molecular flexibility index (Phi) is 3.60. The van der Waals surface area contributed by atoms with Gasteiger partial charge < -0.3 is 4.98 Å². The summed E-state index contributed by atoms with van der Waals surface area (Å²) in [6, 6.07) is 5.11. The van der Waals surface area contributed by atoms with Crippen molar-refractivity contribution >= 4 is 16.8 Å². The van der Waals surface area contributed by atoms with Crippen LogP contribution < -0.4 is 5.69 Å². The summed E-state index contributed by atoms with van der Waals surface area (Å²) in [5.41, 5.74) is 1.40. The van der Waals surface area contributed by atoms with Crippen molar-refractivity contribution in [1.82, 2.24) is 34.1 Å². The van der Waals surface area contributed by atoms with Crippen molar-refractivity contribution in [2.45, 2.75) is 12.7 Å². The lowest BCUT2D eigenvalue weighted by atomic mass is 10.1. The zero-order chi connectivity index (χ0) is 20.2. The van der Waals surface area contributed by atoms with Gasteiger partial charge in [0.1, 0.15) is 11.3 Å². The molecule has 4 heterocycles. The summed E-state index contributed by atoms with van der Waals surface area (Å²) in [5.74, 6) is 0.460. The Morgan fingerprint density at radius 2 is 2.03 bits per heavy atom. The highest BCUT2D eigenvalue weighted by Crippen LogP contribution is 2.29. The first-order valence-corrected chi connectivity index (χ1v) is 8.52. The van der Waals surface area contributed by atoms with Gasteiger partial charge in [0.2, 0.25) is 0 Å². The molecule has 29 heavy (non-hydrogen) atoms. The largest absolute Gasteiger partial charge is 0.416 e. The first-order chi connectivity index (χ1) is 13.9. The van der Waals surface area contributed by atoms with Crippen LogP contribution >= 0.6 is 0 Å². The Hall–Kier alpha value is -3.89. The standard InChI is InChI=1S/C18H12F3N7O/c19-18(20,21)12-3-1-2-10(6-12)8-27-9-11(7-23-27)14-24-13-15(25-14)26-17(29)28-5-4-22-16(13)28/h1-7,9H,8H2,(H,24,25)(H,26,29). The Labute approximate surface area is 159 Å². The van der Waals surface area contributed by atoms with Crippen molar-refractivity contribution < 1.29 is 13.2 Å². The van der Waals surface area contributed by atoms with Crippen molar-refractivity contribution in [3.63, 3.8) is 0 Å². The number of hydrogen-bond acceptors (Lipinski definition) is 4. The second-order valence-electron chi connectivity index (χ2n) is 6.48. The molecule has 2 N–H and O–H groups in total. The lowest BCUT2D eigenvalue weighted by molar-refractivity contribution is -0.137. The van der Waals surface area contributed by atoms with Gasteiger partial charge in [-0.1, -0.05) is 12.1 Å². The third-order valence-corrected chi connectivity index (χ3v) is 4.52. The molecular formula is C18H12F3N7O. The van der Waals surface area contributed by atoms with Crippen LogP contribution in [-0.2, 0) is 12.7 Å². The molecule has 146 valence electrons. The summed E-state index contributed by atoms with van der Waals surface area (Å²) in [6.45, 7) is 0.172. The number of fused-ring (bicyclic) bond motifs is 3. The van der Waals surface area contributed by atoms with E-state index in [4.69, 9.17) is 0 Å². The van der Waals surface area contributed by atoms with Crippen LogP contribution in [0.4, 0.5) is 13.2 Å². The molecule has 0 fully saturated rings. The maximum Gasteiger partial charge on any atom is 0.416 e. The van der Waals surface area contributed by atoms with E-state index in [1.165, 1.54) is 21.3 Å². The first kappa shape index (κ1) is 17.2. The summed E-state index contributed by atoms with van der Waals surface area (Å²) in [4.78, 5) is 26.3. The van der Waals surface area contributed by atoms with E-state index in [2.05, 4.69) is 25.0 Å². The molecule has 11 heteroatoms. The number of aromatic nitrogens is 7. The molecule has 0 unspecified atom stereocenters. The first-order valence-electron chi connectivity index (χ1n) is 8.52. The molecule has 0 aliphatic heterocycles.